The molecule has 1 unspecified atom stereocenters. The molecule has 1 aliphatic heterocycles. The molecular weight excluding hydrogens is 457 g/mol. The summed E-state index contributed by atoms with van der Waals surface area (Å²) < 4.78 is 5.28. The number of H-pyrrole nitrogens is 1. The lowest BCUT2D eigenvalue weighted by Crippen LogP contribution is -2.31. The van der Waals surface area contributed by atoms with Gasteiger partial charge in [-0.1, -0.05) is 59.6 Å². The number of hydrogen-bond acceptors (Lipinski definition) is 3. The smallest absolute Gasteiger partial charge is 0.273 e. The largest absolute Gasteiger partial charge is 0.497 e. The molecule has 0 saturated carbocycles. The number of halogens is 2. The molecule has 2 heterocycles. The van der Waals surface area contributed by atoms with E-state index in [1.807, 2.05) is 59.5 Å². The van der Waals surface area contributed by atoms with Crippen molar-refractivity contribution in [1.82, 2.24) is 15.1 Å². The molecule has 0 saturated heterocycles. The fourth-order valence-electron chi connectivity index (χ4n) is 4.32. The summed E-state index contributed by atoms with van der Waals surface area (Å²) in [6, 6.07) is 23.0. The van der Waals surface area contributed by atoms with Crippen LogP contribution >= 0.6 is 23.2 Å². The summed E-state index contributed by atoms with van der Waals surface area (Å²) >= 11 is 12.6. The summed E-state index contributed by atoms with van der Waals surface area (Å²) in [7, 11) is 1.63. The van der Waals surface area contributed by atoms with Crippen LogP contribution in [0.1, 0.15) is 33.2 Å². The third kappa shape index (κ3) is 3.99. The van der Waals surface area contributed by atoms with Gasteiger partial charge in [0.15, 0.2) is 0 Å². The summed E-state index contributed by atoms with van der Waals surface area (Å²) in [5.41, 5.74) is 5.04. The number of nitrogens with zero attached hydrogens (tertiary/aromatic N) is 2. The van der Waals surface area contributed by atoms with Crippen LogP contribution < -0.4 is 4.74 Å². The second kappa shape index (κ2) is 8.93. The Labute approximate surface area is 201 Å². The molecule has 3 aromatic carbocycles. The minimum Gasteiger partial charge on any atom is -0.497 e. The Balaban J connectivity index is 1.58. The molecule has 1 aliphatic rings. The van der Waals surface area contributed by atoms with E-state index in [4.69, 9.17) is 27.9 Å². The monoisotopic (exact) mass is 477 g/mol. The van der Waals surface area contributed by atoms with Gasteiger partial charge in [0.1, 0.15) is 11.4 Å². The van der Waals surface area contributed by atoms with Crippen LogP contribution in [0.15, 0.2) is 72.8 Å². The Morgan fingerprint density at radius 3 is 2.45 bits per heavy atom. The predicted molar refractivity (Wildman–Crippen MR) is 130 cm³/mol. The summed E-state index contributed by atoms with van der Waals surface area (Å²) in [6.45, 7) is 0.554. The van der Waals surface area contributed by atoms with Gasteiger partial charge in [-0.15, -0.1) is 0 Å². The standard InChI is InChI=1S/C26H21Cl2N3O2/c1-33-19-10-7-17(8-11-19)23-22-24(30-29-23)26(32)31(14-13-16-5-3-2-4-6-16)25(22)18-9-12-20(27)21(28)15-18/h2-12,15,25H,13-14H2,1H3,(H,29,30). The summed E-state index contributed by atoms with van der Waals surface area (Å²) in [4.78, 5) is 15.4. The molecule has 7 heteroatoms. The number of aromatic amines is 1. The summed E-state index contributed by atoms with van der Waals surface area (Å²) in [6.07, 6.45) is 0.736. The van der Waals surface area contributed by atoms with Gasteiger partial charge in [0.25, 0.3) is 5.91 Å². The number of carbonyl (C=O) groups excluding carboxylic acids is 1. The second-order valence-corrected chi connectivity index (χ2v) is 8.71. The number of hydrogen-bond donors (Lipinski definition) is 1. The van der Waals surface area contributed by atoms with Crippen molar-refractivity contribution in [3.8, 4) is 17.0 Å². The third-order valence-corrected chi connectivity index (χ3v) is 6.71. The van der Waals surface area contributed by atoms with Crippen LogP contribution in [-0.4, -0.2) is 34.7 Å². The van der Waals surface area contributed by atoms with E-state index in [2.05, 4.69) is 22.3 Å². The molecule has 1 amide bonds. The van der Waals surface area contributed by atoms with Crippen LogP contribution in [0.2, 0.25) is 10.0 Å². The number of amides is 1. The van der Waals surface area contributed by atoms with Crippen molar-refractivity contribution in [1.29, 1.82) is 0 Å². The van der Waals surface area contributed by atoms with E-state index in [0.29, 0.717) is 22.3 Å². The minimum absolute atomic E-state index is 0.0794. The third-order valence-electron chi connectivity index (χ3n) is 5.97. The zero-order valence-corrected chi connectivity index (χ0v) is 19.4. The molecule has 166 valence electrons. The van der Waals surface area contributed by atoms with Crippen molar-refractivity contribution in [2.75, 3.05) is 13.7 Å². The lowest BCUT2D eigenvalue weighted by molar-refractivity contribution is 0.0746. The molecule has 1 atom stereocenters. The molecule has 33 heavy (non-hydrogen) atoms. The van der Waals surface area contributed by atoms with Crippen LogP contribution in [-0.2, 0) is 6.42 Å². The summed E-state index contributed by atoms with van der Waals surface area (Å²) in [5.74, 6) is 0.678. The molecule has 0 fully saturated rings. The first-order valence-electron chi connectivity index (χ1n) is 10.6. The van der Waals surface area contributed by atoms with E-state index in [0.717, 1.165) is 34.6 Å². The number of aromatic nitrogens is 2. The Kier molecular flexibility index (Phi) is 5.83. The first-order chi connectivity index (χ1) is 16.1. The molecule has 0 spiro atoms. The Hall–Kier alpha value is -3.28. The molecular formula is C26H21Cl2N3O2. The maximum absolute atomic E-state index is 13.5. The van der Waals surface area contributed by atoms with Gasteiger partial charge < -0.3 is 9.64 Å². The molecule has 4 aromatic rings. The van der Waals surface area contributed by atoms with Gasteiger partial charge in [-0.25, -0.2) is 0 Å². The fourth-order valence-corrected chi connectivity index (χ4v) is 4.63. The number of nitrogens with one attached hydrogen (secondary N) is 1. The maximum atomic E-state index is 13.5. The molecule has 0 aliphatic carbocycles. The van der Waals surface area contributed by atoms with Gasteiger partial charge in [0.05, 0.1) is 28.9 Å². The van der Waals surface area contributed by atoms with E-state index in [1.54, 1.807) is 13.2 Å². The quantitative estimate of drug-likeness (QED) is 0.360. The van der Waals surface area contributed by atoms with Crippen LogP contribution in [0.3, 0.4) is 0 Å². The second-order valence-electron chi connectivity index (χ2n) is 7.90. The van der Waals surface area contributed by atoms with E-state index in [-0.39, 0.29) is 11.9 Å². The summed E-state index contributed by atoms with van der Waals surface area (Å²) in [5, 5.41) is 8.42. The van der Waals surface area contributed by atoms with Gasteiger partial charge in [-0.2, -0.15) is 5.10 Å². The molecule has 5 nitrogen and oxygen atoms in total. The Morgan fingerprint density at radius 1 is 1.00 bits per heavy atom. The fraction of sp³-hybridized carbons (Fsp3) is 0.154. The minimum atomic E-state index is -0.332. The number of carbonyl (C=O) groups is 1. The van der Waals surface area contributed by atoms with E-state index in [9.17, 15) is 4.79 Å². The van der Waals surface area contributed by atoms with Crippen LogP contribution in [0.25, 0.3) is 11.3 Å². The average molecular weight is 478 g/mol. The highest BCUT2D eigenvalue weighted by Gasteiger charge is 2.42. The van der Waals surface area contributed by atoms with E-state index in [1.165, 1.54) is 5.56 Å². The molecule has 0 bridgehead atoms. The van der Waals surface area contributed by atoms with Crippen molar-refractivity contribution in [2.45, 2.75) is 12.5 Å². The van der Waals surface area contributed by atoms with Crippen molar-refractivity contribution < 1.29 is 9.53 Å². The molecule has 0 radical (unpaired) electrons. The van der Waals surface area contributed by atoms with E-state index < -0.39 is 0 Å². The molecule has 5 rings (SSSR count). The number of rotatable bonds is 6. The number of benzene rings is 3. The first kappa shape index (κ1) is 21.6. The molecule has 1 N–H and O–H groups in total. The zero-order chi connectivity index (χ0) is 22.9. The predicted octanol–water partition coefficient (Wildman–Crippen LogP) is 6.18. The SMILES string of the molecule is COc1ccc(-c2n[nH]c3c2C(c2ccc(Cl)c(Cl)c2)N(CCc2ccccc2)C3=O)cc1. The van der Waals surface area contributed by atoms with Gasteiger partial charge in [0.2, 0.25) is 0 Å². The van der Waals surface area contributed by atoms with Crippen LogP contribution in [0.5, 0.6) is 5.75 Å². The van der Waals surface area contributed by atoms with Crippen LogP contribution in [0, 0.1) is 0 Å². The highest BCUT2D eigenvalue weighted by atomic mass is 35.5. The van der Waals surface area contributed by atoms with Gasteiger partial charge in [-0.3, -0.25) is 9.89 Å². The number of fused-ring (bicyclic) bond motifs is 1. The normalized spacial score (nSPS) is 15.1. The average Bonchev–Trinajstić information content (AvgIpc) is 3.39. The highest BCUT2D eigenvalue weighted by molar-refractivity contribution is 6.42. The van der Waals surface area contributed by atoms with Crippen LogP contribution in [0.4, 0.5) is 0 Å². The Morgan fingerprint density at radius 2 is 1.76 bits per heavy atom. The lowest BCUT2D eigenvalue weighted by Gasteiger charge is -2.26. The Bertz CT molecular complexity index is 1300. The van der Waals surface area contributed by atoms with Crippen molar-refractivity contribution in [3.05, 3.63) is 105 Å². The van der Waals surface area contributed by atoms with Crippen molar-refractivity contribution in [2.24, 2.45) is 0 Å². The lowest BCUT2D eigenvalue weighted by atomic mass is 9.96. The number of ether oxygens (including phenoxy) is 1. The van der Waals surface area contributed by atoms with Crippen molar-refractivity contribution >= 4 is 29.1 Å². The zero-order valence-electron chi connectivity index (χ0n) is 17.9. The van der Waals surface area contributed by atoms with Gasteiger partial charge in [-0.05, 0) is 53.9 Å². The topological polar surface area (TPSA) is 58.2 Å². The highest BCUT2D eigenvalue weighted by Crippen LogP contribution is 2.44. The number of methoxy groups -OCH3 is 1. The molecule has 1 aromatic heterocycles. The van der Waals surface area contributed by atoms with Crippen molar-refractivity contribution in [3.63, 3.8) is 0 Å². The van der Waals surface area contributed by atoms with Gasteiger partial charge in [0, 0.05) is 17.7 Å². The van der Waals surface area contributed by atoms with E-state index >= 15 is 0 Å². The maximum Gasteiger partial charge on any atom is 0.273 e. The van der Waals surface area contributed by atoms with Gasteiger partial charge >= 0.3 is 0 Å². The first-order valence-corrected chi connectivity index (χ1v) is 11.3.